The number of rotatable bonds is 4. The lowest BCUT2D eigenvalue weighted by Crippen LogP contribution is -2.20. The lowest BCUT2D eigenvalue weighted by Gasteiger charge is -2.13. The molecule has 0 aliphatic carbocycles. The van der Waals surface area contributed by atoms with Gasteiger partial charge in [-0.2, -0.15) is 0 Å². The Hall–Kier alpha value is -2.36. The number of nitrogens with one attached hydrogen (secondary N) is 1. The lowest BCUT2D eigenvalue weighted by atomic mass is 10.1. The second-order valence-electron chi connectivity index (χ2n) is 5.18. The van der Waals surface area contributed by atoms with Crippen LogP contribution < -0.4 is 10.1 Å². The third-order valence-corrected chi connectivity index (χ3v) is 3.42. The van der Waals surface area contributed by atoms with Crippen LogP contribution in [0.4, 0.5) is 5.69 Å². The van der Waals surface area contributed by atoms with E-state index in [4.69, 9.17) is 4.74 Å². The van der Waals surface area contributed by atoms with E-state index in [2.05, 4.69) is 16.4 Å². The zero-order valence-corrected chi connectivity index (χ0v) is 12.9. The Morgan fingerprint density at radius 2 is 1.81 bits per heavy atom. The SMILES string of the molecule is Cc1ccc(NC(=O)COc2c(C)ccc(C)c2C)cn1. The first-order chi connectivity index (χ1) is 9.97. The Labute approximate surface area is 125 Å². The first kappa shape index (κ1) is 15.0. The van der Waals surface area contributed by atoms with Crippen molar-refractivity contribution in [2.24, 2.45) is 0 Å². The average Bonchev–Trinajstić information content (AvgIpc) is 2.45. The van der Waals surface area contributed by atoms with E-state index >= 15 is 0 Å². The molecule has 0 aliphatic heterocycles. The van der Waals surface area contributed by atoms with Crippen molar-refractivity contribution >= 4 is 11.6 Å². The zero-order chi connectivity index (χ0) is 15.4. The van der Waals surface area contributed by atoms with Crippen molar-refractivity contribution in [2.45, 2.75) is 27.7 Å². The fourth-order valence-corrected chi connectivity index (χ4v) is 2.02. The van der Waals surface area contributed by atoms with E-state index in [1.54, 1.807) is 6.20 Å². The van der Waals surface area contributed by atoms with Gasteiger partial charge in [0, 0.05) is 5.69 Å². The molecule has 0 saturated carbocycles. The van der Waals surface area contributed by atoms with Crippen molar-refractivity contribution in [3.8, 4) is 5.75 Å². The quantitative estimate of drug-likeness (QED) is 0.937. The Bertz CT molecular complexity index is 649. The summed E-state index contributed by atoms with van der Waals surface area (Å²) in [6, 6.07) is 7.73. The first-order valence-electron chi connectivity index (χ1n) is 6.89. The van der Waals surface area contributed by atoms with Gasteiger partial charge in [0.05, 0.1) is 11.9 Å². The second-order valence-corrected chi connectivity index (χ2v) is 5.18. The van der Waals surface area contributed by atoms with Crippen LogP contribution in [0.2, 0.25) is 0 Å². The fraction of sp³-hybridized carbons (Fsp3) is 0.294. The summed E-state index contributed by atoms with van der Waals surface area (Å²) in [6.07, 6.45) is 1.64. The summed E-state index contributed by atoms with van der Waals surface area (Å²) >= 11 is 0. The maximum Gasteiger partial charge on any atom is 0.262 e. The van der Waals surface area contributed by atoms with Crippen LogP contribution in [0.5, 0.6) is 5.75 Å². The predicted octanol–water partition coefficient (Wildman–Crippen LogP) is 3.33. The highest BCUT2D eigenvalue weighted by molar-refractivity contribution is 5.91. The van der Waals surface area contributed by atoms with Crippen molar-refractivity contribution in [2.75, 3.05) is 11.9 Å². The number of aryl methyl sites for hydroxylation is 3. The summed E-state index contributed by atoms with van der Waals surface area (Å²) in [5.74, 6) is 0.591. The van der Waals surface area contributed by atoms with Crippen LogP contribution in [0, 0.1) is 27.7 Å². The number of carbonyl (C=O) groups excluding carboxylic acids is 1. The molecule has 1 amide bonds. The van der Waals surface area contributed by atoms with Crippen LogP contribution in [0.1, 0.15) is 22.4 Å². The third kappa shape index (κ3) is 3.81. The van der Waals surface area contributed by atoms with Crippen molar-refractivity contribution in [3.05, 3.63) is 52.8 Å². The van der Waals surface area contributed by atoms with Gasteiger partial charge in [-0.05, 0) is 56.5 Å². The summed E-state index contributed by atoms with van der Waals surface area (Å²) in [4.78, 5) is 16.0. The molecule has 0 fully saturated rings. The number of aromatic nitrogens is 1. The molecule has 1 aromatic heterocycles. The van der Waals surface area contributed by atoms with E-state index in [0.29, 0.717) is 5.69 Å². The molecule has 110 valence electrons. The summed E-state index contributed by atoms with van der Waals surface area (Å²) in [5, 5.41) is 2.77. The number of hydrogen-bond acceptors (Lipinski definition) is 3. The number of carbonyl (C=O) groups is 1. The van der Waals surface area contributed by atoms with Gasteiger partial charge in [0.1, 0.15) is 5.75 Å². The van der Waals surface area contributed by atoms with E-state index in [1.165, 1.54) is 0 Å². The summed E-state index contributed by atoms with van der Waals surface area (Å²) < 4.78 is 5.67. The molecule has 4 nitrogen and oxygen atoms in total. The molecule has 0 unspecified atom stereocenters. The number of amides is 1. The molecule has 0 aliphatic rings. The largest absolute Gasteiger partial charge is 0.483 e. The smallest absolute Gasteiger partial charge is 0.262 e. The third-order valence-electron chi connectivity index (χ3n) is 3.42. The minimum atomic E-state index is -0.194. The molecule has 0 bridgehead atoms. The number of benzene rings is 1. The van der Waals surface area contributed by atoms with Gasteiger partial charge in [0.15, 0.2) is 6.61 Å². The van der Waals surface area contributed by atoms with Crippen LogP contribution in [0.25, 0.3) is 0 Å². The van der Waals surface area contributed by atoms with Gasteiger partial charge in [-0.1, -0.05) is 12.1 Å². The van der Waals surface area contributed by atoms with Gasteiger partial charge in [-0.15, -0.1) is 0 Å². The maximum absolute atomic E-state index is 11.9. The predicted molar refractivity (Wildman–Crippen MR) is 83.8 cm³/mol. The molecule has 0 saturated heterocycles. The van der Waals surface area contributed by atoms with Gasteiger partial charge in [-0.3, -0.25) is 9.78 Å². The van der Waals surface area contributed by atoms with Crippen molar-refractivity contribution < 1.29 is 9.53 Å². The van der Waals surface area contributed by atoms with E-state index in [0.717, 1.165) is 28.1 Å². The molecule has 1 aromatic carbocycles. The number of ether oxygens (including phenoxy) is 1. The molecular formula is C17H20N2O2. The van der Waals surface area contributed by atoms with Gasteiger partial charge in [0.25, 0.3) is 5.91 Å². The van der Waals surface area contributed by atoms with Crippen LogP contribution in [0.15, 0.2) is 30.5 Å². The molecular weight excluding hydrogens is 264 g/mol. The maximum atomic E-state index is 11.9. The Morgan fingerprint density at radius 3 is 2.48 bits per heavy atom. The van der Waals surface area contributed by atoms with E-state index < -0.39 is 0 Å². The van der Waals surface area contributed by atoms with E-state index in [1.807, 2.05) is 45.9 Å². The zero-order valence-electron chi connectivity index (χ0n) is 12.9. The second kappa shape index (κ2) is 6.39. The lowest BCUT2D eigenvalue weighted by molar-refractivity contribution is -0.118. The number of nitrogens with zero attached hydrogens (tertiary/aromatic N) is 1. The van der Waals surface area contributed by atoms with Crippen LogP contribution in [-0.4, -0.2) is 17.5 Å². The molecule has 0 spiro atoms. The van der Waals surface area contributed by atoms with Crippen LogP contribution in [-0.2, 0) is 4.79 Å². The van der Waals surface area contributed by atoms with E-state index in [9.17, 15) is 4.79 Å². The van der Waals surface area contributed by atoms with Gasteiger partial charge < -0.3 is 10.1 Å². The highest BCUT2D eigenvalue weighted by atomic mass is 16.5. The van der Waals surface area contributed by atoms with Gasteiger partial charge in [0.2, 0.25) is 0 Å². The normalized spacial score (nSPS) is 10.3. The summed E-state index contributed by atoms with van der Waals surface area (Å²) in [5.41, 5.74) is 4.84. The average molecular weight is 284 g/mol. The summed E-state index contributed by atoms with van der Waals surface area (Å²) in [7, 11) is 0. The van der Waals surface area contributed by atoms with Gasteiger partial charge >= 0.3 is 0 Å². The Morgan fingerprint density at radius 1 is 1.10 bits per heavy atom. The number of pyridine rings is 1. The van der Waals surface area contributed by atoms with Crippen molar-refractivity contribution in [3.63, 3.8) is 0 Å². The van der Waals surface area contributed by atoms with Crippen molar-refractivity contribution in [1.29, 1.82) is 0 Å². The molecule has 0 atom stereocenters. The molecule has 4 heteroatoms. The number of anilines is 1. The van der Waals surface area contributed by atoms with Crippen LogP contribution in [0.3, 0.4) is 0 Å². The van der Waals surface area contributed by atoms with E-state index in [-0.39, 0.29) is 12.5 Å². The number of hydrogen-bond donors (Lipinski definition) is 1. The topological polar surface area (TPSA) is 51.2 Å². The first-order valence-corrected chi connectivity index (χ1v) is 6.89. The Kier molecular flexibility index (Phi) is 4.58. The molecule has 0 radical (unpaired) electrons. The molecule has 21 heavy (non-hydrogen) atoms. The molecule has 1 N–H and O–H groups in total. The highest BCUT2D eigenvalue weighted by Gasteiger charge is 2.09. The molecule has 2 rings (SSSR count). The van der Waals surface area contributed by atoms with Gasteiger partial charge in [-0.25, -0.2) is 0 Å². The Balaban J connectivity index is 1.98. The van der Waals surface area contributed by atoms with Crippen LogP contribution >= 0.6 is 0 Å². The minimum Gasteiger partial charge on any atom is -0.483 e. The minimum absolute atomic E-state index is 0.0149. The summed E-state index contributed by atoms with van der Waals surface area (Å²) in [6.45, 7) is 7.89. The fourth-order valence-electron chi connectivity index (χ4n) is 2.02. The highest BCUT2D eigenvalue weighted by Crippen LogP contribution is 2.25. The monoisotopic (exact) mass is 284 g/mol. The van der Waals surface area contributed by atoms with Crippen molar-refractivity contribution in [1.82, 2.24) is 4.98 Å². The molecule has 1 heterocycles. The molecule has 2 aromatic rings. The standard InChI is InChI=1S/C17H20N2O2/c1-11-5-6-12(2)17(14(11)4)21-10-16(20)19-15-8-7-13(3)18-9-15/h5-9H,10H2,1-4H3,(H,19,20).